The summed E-state index contributed by atoms with van der Waals surface area (Å²) in [5.74, 6) is 0.829. The van der Waals surface area contributed by atoms with Crippen molar-refractivity contribution in [1.29, 1.82) is 0 Å². The number of nitrogens with one attached hydrogen (secondary N) is 1. The van der Waals surface area contributed by atoms with Crippen LogP contribution in [0.4, 0.5) is 5.69 Å². The molecular formula is C14H13BrClNO. The van der Waals surface area contributed by atoms with Gasteiger partial charge in [-0.05, 0) is 42.5 Å². The highest BCUT2D eigenvalue weighted by Crippen LogP contribution is 2.16. The third-order valence-electron chi connectivity index (χ3n) is 2.34. The second-order valence-corrected chi connectivity index (χ2v) is 5.09. The van der Waals surface area contributed by atoms with E-state index >= 15 is 0 Å². The molecule has 0 radical (unpaired) electrons. The first-order valence-corrected chi connectivity index (χ1v) is 6.79. The third-order valence-corrected chi connectivity index (χ3v) is 3.08. The summed E-state index contributed by atoms with van der Waals surface area (Å²) in [5.41, 5.74) is 1.07. The Balaban J connectivity index is 1.74. The Hall–Kier alpha value is -1.19. The van der Waals surface area contributed by atoms with Gasteiger partial charge in [-0.1, -0.05) is 33.6 Å². The number of halogens is 2. The van der Waals surface area contributed by atoms with Crippen LogP contribution in [0.25, 0.3) is 0 Å². The van der Waals surface area contributed by atoms with Gasteiger partial charge in [0.05, 0.1) is 0 Å². The largest absolute Gasteiger partial charge is 0.492 e. The van der Waals surface area contributed by atoms with Crippen LogP contribution in [0.3, 0.4) is 0 Å². The van der Waals surface area contributed by atoms with Gasteiger partial charge in [-0.3, -0.25) is 0 Å². The smallest absolute Gasteiger partial charge is 0.119 e. The van der Waals surface area contributed by atoms with Crippen LogP contribution in [0, 0.1) is 0 Å². The number of anilines is 1. The lowest BCUT2D eigenvalue weighted by molar-refractivity contribution is 0.333. The molecule has 0 aliphatic rings. The Kier molecular flexibility index (Phi) is 4.90. The molecule has 0 aromatic heterocycles. The van der Waals surface area contributed by atoms with E-state index < -0.39 is 0 Å². The van der Waals surface area contributed by atoms with Crippen LogP contribution in [0.15, 0.2) is 53.0 Å². The van der Waals surface area contributed by atoms with Crippen molar-refractivity contribution in [3.05, 3.63) is 58.0 Å². The van der Waals surface area contributed by atoms with Gasteiger partial charge >= 0.3 is 0 Å². The lowest BCUT2D eigenvalue weighted by atomic mass is 10.3. The molecule has 0 fully saturated rings. The molecule has 0 spiro atoms. The Morgan fingerprint density at radius 1 is 1.11 bits per heavy atom. The Bertz CT molecular complexity index is 501. The predicted molar refractivity (Wildman–Crippen MR) is 79.6 cm³/mol. The molecular weight excluding hydrogens is 314 g/mol. The Morgan fingerprint density at radius 3 is 2.61 bits per heavy atom. The van der Waals surface area contributed by atoms with E-state index in [9.17, 15) is 0 Å². The van der Waals surface area contributed by atoms with E-state index in [0.29, 0.717) is 6.61 Å². The minimum atomic E-state index is 0.605. The van der Waals surface area contributed by atoms with Gasteiger partial charge in [-0.2, -0.15) is 0 Å². The van der Waals surface area contributed by atoms with Gasteiger partial charge in [0, 0.05) is 21.7 Å². The van der Waals surface area contributed by atoms with Crippen LogP contribution in [0.5, 0.6) is 5.75 Å². The lowest BCUT2D eigenvalue weighted by Gasteiger charge is -2.08. The van der Waals surface area contributed by atoms with E-state index in [1.165, 1.54) is 0 Å². The third kappa shape index (κ3) is 4.24. The second kappa shape index (κ2) is 6.66. The standard InChI is InChI=1S/C14H13BrClNO/c15-11-2-1-3-13(10-11)17-8-9-18-14-6-4-12(16)5-7-14/h1-7,10,17H,8-9H2. The van der Waals surface area contributed by atoms with Crippen molar-refractivity contribution in [2.45, 2.75) is 0 Å². The summed E-state index contributed by atoms with van der Waals surface area (Å²) in [6.45, 7) is 1.35. The van der Waals surface area contributed by atoms with Gasteiger partial charge in [0.1, 0.15) is 12.4 Å². The van der Waals surface area contributed by atoms with Crippen LogP contribution in [0.2, 0.25) is 5.02 Å². The quantitative estimate of drug-likeness (QED) is 0.811. The second-order valence-electron chi connectivity index (χ2n) is 3.74. The molecule has 0 unspecified atom stereocenters. The number of rotatable bonds is 5. The Labute approximate surface area is 120 Å². The van der Waals surface area contributed by atoms with Crippen molar-refractivity contribution in [1.82, 2.24) is 0 Å². The van der Waals surface area contributed by atoms with Gasteiger partial charge in [0.25, 0.3) is 0 Å². The molecule has 2 aromatic rings. The lowest BCUT2D eigenvalue weighted by Crippen LogP contribution is -2.11. The molecule has 2 rings (SSSR count). The van der Waals surface area contributed by atoms with Crippen molar-refractivity contribution in [2.24, 2.45) is 0 Å². The zero-order chi connectivity index (χ0) is 12.8. The van der Waals surface area contributed by atoms with E-state index in [1.54, 1.807) is 0 Å². The summed E-state index contributed by atoms with van der Waals surface area (Å²) in [4.78, 5) is 0. The van der Waals surface area contributed by atoms with E-state index in [0.717, 1.165) is 27.5 Å². The fourth-order valence-corrected chi connectivity index (χ4v) is 2.02. The maximum Gasteiger partial charge on any atom is 0.119 e. The average molecular weight is 327 g/mol. The molecule has 2 aromatic carbocycles. The summed E-state index contributed by atoms with van der Waals surface area (Å²) in [6.07, 6.45) is 0. The first-order valence-electron chi connectivity index (χ1n) is 5.62. The monoisotopic (exact) mass is 325 g/mol. The van der Waals surface area contributed by atoms with Crippen molar-refractivity contribution in [2.75, 3.05) is 18.5 Å². The maximum atomic E-state index is 5.80. The normalized spacial score (nSPS) is 10.1. The molecule has 4 heteroatoms. The van der Waals surface area contributed by atoms with E-state index in [2.05, 4.69) is 21.2 Å². The number of hydrogen-bond acceptors (Lipinski definition) is 2. The summed E-state index contributed by atoms with van der Waals surface area (Å²) in [7, 11) is 0. The molecule has 0 atom stereocenters. The first-order chi connectivity index (χ1) is 8.74. The zero-order valence-electron chi connectivity index (χ0n) is 9.70. The number of hydrogen-bond donors (Lipinski definition) is 1. The molecule has 0 saturated heterocycles. The molecule has 94 valence electrons. The van der Waals surface area contributed by atoms with Crippen molar-refractivity contribution in [3.8, 4) is 5.75 Å². The van der Waals surface area contributed by atoms with Gasteiger partial charge < -0.3 is 10.1 Å². The number of ether oxygens (including phenoxy) is 1. The van der Waals surface area contributed by atoms with Gasteiger partial charge in [0.2, 0.25) is 0 Å². The topological polar surface area (TPSA) is 21.3 Å². The summed E-state index contributed by atoms with van der Waals surface area (Å²) in [5, 5.41) is 4.00. The molecule has 0 saturated carbocycles. The summed E-state index contributed by atoms with van der Waals surface area (Å²) in [6, 6.07) is 15.4. The molecule has 18 heavy (non-hydrogen) atoms. The SMILES string of the molecule is Clc1ccc(OCCNc2cccc(Br)c2)cc1. The minimum Gasteiger partial charge on any atom is -0.492 e. The zero-order valence-corrected chi connectivity index (χ0v) is 12.0. The van der Waals surface area contributed by atoms with Crippen LogP contribution < -0.4 is 10.1 Å². The maximum absolute atomic E-state index is 5.80. The molecule has 0 heterocycles. The van der Waals surface area contributed by atoms with Crippen molar-refractivity contribution >= 4 is 33.2 Å². The first kappa shape index (κ1) is 13.2. The van der Waals surface area contributed by atoms with Crippen molar-refractivity contribution < 1.29 is 4.74 Å². The van der Waals surface area contributed by atoms with Gasteiger partial charge in [-0.15, -0.1) is 0 Å². The molecule has 2 nitrogen and oxygen atoms in total. The average Bonchev–Trinajstić information content (AvgIpc) is 2.37. The van der Waals surface area contributed by atoms with E-state index in [-0.39, 0.29) is 0 Å². The minimum absolute atomic E-state index is 0.605. The van der Waals surface area contributed by atoms with Gasteiger partial charge in [0.15, 0.2) is 0 Å². The molecule has 1 N–H and O–H groups in total. The molecule has 0 aliphatic heterocycles. The molecule has 0 aliphatic carbocycles. The van der Waals surface area contributed by atoms with E-state index in [1.807, 2.05) is 48.5 Å². The Morgan fingerprint density at radius 2 is 1.89 bits per heavy atom. The highest BCUT2D eigenvalue weighted by molar-refractivity contribution is 9.10. The van der Waals surface area contributed by atoms with E-state index in [4.69, 9.17) is 16.3 Å². The molecule has 0 bridgehead atoms. The van der Waals surface area contributed by atoms with Crippen LogP contribution in [0.1, 0.15) is 0 Å². The van der Waals surface area contributed by atoms with Crippen LogP contribution >= 0.6 is 27.5 Å². The summed E-state index contributed by atoms with van der Waals surface area (Å²) >= 11 is 9.23. The fraction of sp³-hybridized carbons (Fsp3) is 0.143. The highest BCUT2D eigenvalue weighted by atomic mass is 79.9. The predicted octanol–water partition coefficient (Wildman–Crippen LogP) is 4.59. The van der Waals surface area contributed by atoms with Crippen molar-refractivity contribution in [3.63, 3.8) is 0 Å². The fourth-order valence-electron chi connectivity index (χ4n) is 1.49. The molecule has 0 amide bonds. The van der Waals surface area contributed by atoms with Gasteiger partial charge in [-0.25, -0.2) is 0 Å². The summed E-state index contributed by atoms with van der Waals surface area (Å²) < 4.78 is 6.64. The van der Waals surface area contributed by atoms with Crippen LogP contribution in [-0.2, 0) is 0 Å². The van der Waals surface area contributed by atoms with Crippen LogP contribution in [-0.4, -0.2) is 13.2 Å². The highest BCUT2D eigenvalue weighted by Gasteiger charge is 1.95. The number of benzene rings is 2.